The number of pyridine rings is 3. The maximum atomic E-state index is 13.4. The summed E-state index contributed by atoms with van der Waals surface area (Å²) in [6.45, 7) is 12.3. The molecule has 2 saturated carbocycles. The summed E-state index contributed by atoms with van der Waals surface area (Å²) in [6.07, 6.45) is 21.1. The zero-order chi connectivity index (χ0) is 83.9. The van der Waals surface area contributed by atoms with E-state index in [9.17, 15) is 19.2 Å². The second kappa shape index (κ2) is 33.8. The third-order valence-electron chi connectivity index (χ3n) is 27.0. The van der Waals surface area contributed by atoms with Crippen LogP contribution < -0.4 is 70.5 Å². The van der Waals surface area contributed by atoms with E-state index in [1.54, 1.807) is 89.3 Å². The number of anilines is 5. The van der Waals surface area contributed by atoms with Gasteiger partial charge in [-0.1, -0.05) is 120 Å². The van der Waals surface area contributed by atoms with Gasteiger partial charge in [-0.2, -0.15) is 0 Å². The number of nitrogens with two attached hydrogens (primary N) is 5. The number of hydrogen-bond acceptors (Lipinski definition) is 25. The maximum Gasteiger partial charge on any atom is 0.264 e. The lowest BCUT2D eigenvalue weighted by Gasteiger charge is -2.48. The lowest BCUT2D eigenvalue weighted by Crippen LogP contribution is -2.52. The van der Waals surface area contributed by atoms with Crippen LogP contribution in [-0.2, 0) is 59.1 Å². The lowest BCUT2D eigenvalue weighted by molar-refractivity contribution is 0.113. The van der Waals surface area contributed by atoms with E-state index in [0.29, 0.717) is 191 Å². The molecular weight excluding hydrogens is 1660 g/mol. The van der Waals surface area contributed by atoms with Crippen molar-refractivity contribution in [2.75, 3.05) is 97.4 Å². The van der Waals surface area contributed by atoms with E-state index in [1.165, 1.54) is 32.1 Å². The minimum atomic E-state index is -0.140. The number of fused-ring (bicyclic) bond motifs is 4. The SMILES string of the molecule is Cn1c(N2CCC(C)(CN)CC2)nc2c(c1=O)C(c1ccnc(Cl)c1Cl)=NC2.Cn1c(N2CCC3(CC2)COC[C@H]3N)nc2c(c1=O)C(c1ccnc(N)c1Cl)=NC2.Cn1c(N2CCC3(CCCCC3N)CC2)nc2c(c1=O)C(c1cccc(Cl)c1Cl)=NC2.Cn1c(N2CCC3(CCC[C@H]3N)CC2)nc2c(c1=O)C(c1ccnc(Cl)c1Cl)=NC2. The molecule has 16 heterocycles. The highest BCUT2D eigenvalue weighted by Crippen LogP contribution is 2.48. The summed E-state index contributed by atoms with van der Waals surface area (Å²) < 4.78 is 12.1. The topological polar surface area (TPSA) is 380 Å². The first-order valence-electron chi connectivity index (χ1n) is 40.7. The fourth-order valence-corrected chi connectivity index (χ4v) is 20.6. The minimum Gasteiger partial charge on any atom is -0.382 e. The van der Waals surface area contributed by atoms with Gasteiger partial charge in [-0.25, -0.2) is 34.9 Å². The summed E-state index contributed by atoms with van der Waals surface area (Å²) in [5.74, 6) is 2.98. The number of halogens is 7. The van der Waals surface area contributed by atoms with Crippen molar-refractivity contribution in [3.05, 3.63) is 199 Å². The number of rotatable bonds is 9. The largest absolute Gasteiger partial charge is 0.382 e. The van der Waals surface area contributed by atoms with E-state index < -0.39 is 0 Å². The van der Waals surface area contributed by atoms with E-state index in [2.05, 4.69) is 61.4 Å². The number of benzene rings is 1. The molecule has 8 aromatic rings. The van der Waals surface area contributed by atoms with Crippen molar-refractivity contribution in [3.63, 3.8) is 0 Å². The molecule has 1 unspecified atom stereocenters. The Bertz CT molecular complexity index is 5560. The van der Waals surface area contributed by atoms with Gasteiger partial charge in [0.15, 0.2) is 0 Å². The van der Waals surface area contributed by atoms with Crippen molar-refractivity contribution < 1.29 is 4.74 Å². The van der Waals surface area contributed by atoms with Crippen molar-refractivity contribution in [1.82, 2.24) is 53.2 Å². The molecule has 3 atom stereocenters. The second-order valence-corrected chi connectivity index (χ2v) is 36.3. The molecule has 0 radical (unpaired) electrons. The lowest BCUT2D eigenvalue weighted by atomic mass is 9.65. The van der Waals surface area contributed by atoms with Gasteiger partial charge in [-0.15, -0.1) is 0 Å². The molecule has 628 valence electrons. The smallest absolute Gasteiger partial charge is 0.264 e. The van der Waals surface area contributed by atoms with Gasteiger partial charge in [-0.05, 0) is 124 Å². The summed E-state index contributed by atoms with van der Waals surface area (Å²) in [6, 6.07) is 11.2. The summed E-state index contributed by atoms with van der Waals surface area (Å²) >= 11 is 43.7. The molecular formula is C83H97Cl7N24O5. The van der Waals surface area contributed by atoms with Crippen molar-refractivity contribution in [2.45, 2.75) is 148 Å². The van der Waals surface area contributed by atoms with E-state index in [1.807, 2.05) is 12.1 Å². The number of hydrogen-bond donors (Lipinski definition) is 5. The van der Waals surface area contributed by atoms with Gasteiger partial charge in [0.05, 0.1) is 132 Å². The van der Waals surface area contributed by atoms with Crippen LogP contribution >= 0.6 is 81.2 Å². The predicted octanol–water partition coefficient (Wildman–Crippen LogP) is 9.96. The van der Waals surface area contributed by atoms with Crippen LogP contribution in [0.2, 0.25) is 35.4 Å². The van der Waals surface area contributed by atoms with Crippen molar-refractivity contribution in [3.8, 4) is 0 Å². The van der Waals surface area contributed by atoms with Crippen molar-refractivity contribution in [2.24, 2.45) is 92.8 Å². The van der Waals surface area contributed by atoms with E-state index in [-0.39, 0.29) is 66.1 Å². The molecule has 10 N–H and O–H groups in total. The van der Waals surface area contributed by atoms with Gasteiger partial charge >= 0.3 is 0 Å². The maximum absolute atomic E-state index is 13.4. The van der Waals surface area contributed by atoms with Crippen LogP contribution in [0.4, 0.5) is 29.6 Å². The Morgan fingerprint density at radius 1 is 0.420 bits per heavy atom. The van der Waals surface area contributed by atoms with Gasteiger partial charge in [0, 0.05) is 145 Å². The van der Waals surface area contributed by atoms with Crippen LogP contribution in [-0.4, -0.2) is 166 Å². The van der Waals surface area contributed by atoms with Gasteiger partial charge in [0.25, 0.3) is 22.2 Å². The quantitative estimate of drug-likeness (QED) is 0.0838. The average Bonchev–Trinajstić information content (AvgIpc) is 1.65. The van der Waals surface area contributed by atoms with Gasteiger partial charge in [-0.3, -0.25) is 57.4 Å². The zero-order valence-electron chi connectivity index (χ0n) is 67.2. The Hall–Kier alpha value is -8.30. The molecule has 5 saturated heterocycles. The van der Waals surface area contributed by atoms with E-state index in [0.717, 1.165) is 123 Å². The van der Waals surface area contributed by atoms with Crippen LogP contribution in [0, 0.1) is 21.7 Å². The fraction of sp³-hybridized carbons (Fsp3) is 0.506. The monoisotopic (exact) mass is 1750 g/mol. The van der Waals surface area contributed by atoms with Crippen LogP contribution in [0.25, 0.3) is 0 Å². The number of aliphatic imine (C=N–C) groups is 4. The summed E-state index contributed by atoms with van der Waals surface area (Å²) in [4.78, 5) is 111. The van der Waals surface area contributed by atoms with Crippen LogP contribution in [0.15, 0.2) is 94.1 Å². The molecule has 119 heavy (non-hydrogen) atoms. The molecule has 0 amide bonds. The fourth-order valence-electron chi connectivity index (χ4n) is 19.3. The number of piperidine rings is 4. The highest BCUT2D eigenvalue weighted by molar-refractivity contribution is 6.46. The average molecular weight is 1760 g/mol. The first-order chi connectivity index (χ1) is 57.1. The number of aromatic nitrogens is 11. The van der Waals surface area contributed by atoms with Crippen molar-refractivity contribution in [1.29, 1.82) is 0 Å². The normalized spacial score (nSPS) is 21.5. The Balaban J connectivity index is 0.000000118. The molecule has 2 aliphatic carbocycles. The summed E-state index contributed by atoms with van der Waals surface area (Å²) in [7, 11) is 7.06. The Kier molecular flexibility index (Phi) is 24.0. The van der Waals surface area contributed by atoms with Crippen LogP contribution in [0.1, 0.15) is 171 Å². The first kappa shape index (κ1) is 84.3. The highest BCUT2D eigenvalue weighted by atomic mass is 35.5. The van der Waals surface area contributed by atoms with Gasteiger partial charge in [0.2, 0.25) is 23.8 Å². The van der Waals surface area contributed by atoms with Crippen molar-refractivity contribution >= 4 is 134 Å². The summed E-state index contributed by atoms with van der Waals surface area (Å²) in [5, 5.41) is 2.12. The molecule has 1 aromatic carbocycles. The first-order valence-corrected chi connectivity index (χ1v) is 43.3. The van der Waals surface area contributed by atoms with Crippen LogP contribution in [0.3, 0.4) is 0 Å². The number of nitrogen functional groups attached to an aromatic ring is 1. The van der Waals surface area contributed by atoms with Crippen LogP contribution in [0.5, 0.6) is 0 Å². The molecule has 19 rings (SSSR count). The third-order valence-corrected chi connectivity index (χ3v) is 29.7. The Morgan fingerprint density at radius 3 is 1.12 bits per heavy atom. The molecule has 29 nitrogen and oxygen atoms in total. The molecule has 9 aliphatic heterocycles. The molecule has 11 aliphatic rings. The predicted molar refractivity (Wildman–Crippen MR) is 471 cm³/mol. The zero-order valence-corrected chi connectivity index (χ0v) is 72.5. The Morgan fingerprint density at radius 2 is 0.765 bits per heavy atom. The Labute approximate surface area is 723 Å². The third kappa shape index (κ3) is 15.5. The number of nitrogens with zero attached hydrogens (tertiary/aromatic N) is 19. The second-order valence-electron chi connectivity index (χ2n) is 33.7. The molecule has 7 aromatic heterocycles. The number of ether oxygens (including phenoxy) is 1. The standard InChI is InChI=1S/C23H27Cl2N5O.C21H24Cl2N6O.C20H24ClN7O2.C19H22Cl2N6O/c1-29-21(31)18-16(13-27-20(18)14-5-4-6-15(24)19(14)25)28-22(29)30-11-9-23(10-12-30)8-3-2-7-17(23)26;1-28-19(30)15-13(11-26-17(15)12-4-8-25-18(23)16(12)22)27-20(28)29-9-6-21(7-10-29)5-2-3-14(21)24;1-27-18(29)14-12(8-25-16(14)11-2-5-24-17(23)15(11)21)26-19(27)28-6-3-20(4-7-28)10-30-9-13(20)22;1-19(10-22)4-7-27(8-5-19)18-25-12-9-24-15(13(12)17(28)26(18)2)11-3-6-23-16(21)14(11)20/h4-6,17H,2-3,7-13,26H2,1H3;4,8,14H,2-3,5-7,9-11,24H2,1H3;2,5,13H,3-4,6-10,22H2,1H3,(H2,23,24);3,6H,4-5,7-10,22H2,1-2H3/t;14-;13-;/m.11./s1. The summed E-state index contributed by atoms with van der Waals surface area (Å²) in [5.41, 5.74) is 40.6. The molecule has 7 fully saturated rings. The van der Waals surface area contributed by atoms with Gasteiger partial charge < -0.3 is 53.0 Å². The highest BCUT2D eigenvalue weighted by Gasteiger charge is 2.47. The van der Waals surface area contributed by atoms with E-state index in [4.69, 9.17) is 135 Å². The molecule has 36 heteroatoms. The molecule has 3 spiro atoms. The van der Waals surface area contributed by atoms with Gasteiger partial charge in [0.1, 0.15) is 16.1 Å². The molecule has 0 bridgehead atoms. The van der Waals surface area contributed by atoms with E-state index >= 15 is 0 Å². The minimum absolute atomic E-state index is 0.0421.